The van der Waals surface area contributed by atoms with Gasteiger partial charge in [0.25, 0.3) is 5.91 Å². The second-order valence-electron chi connectivity index (χ2n) is 7.37. The fourth-order valence-electron chi connectivity index (χ4n) is 3.57. The first-order valence-electron chi connectivity index (χ1n) is 9.96. The molecule has 170 valence electrons. The van der Waals surface area contributed by atoms with Gasteiger partial charge in [0.2, 0.25) is 15.9 Å². The highest BCUT2D eigenvalue weighted by Crippen LogP contribution is 2.31. The van der Waals surface area contributed by atoms with Gasteiger partial charge in [0.05, 0.1) is 29.7 Å². The van der Waals surface area contributed by atoms with Gasteiger partial charge in [-0.1, -0.05) is 6.92 Å². The summed E-state index contributed by atoms with van der Waals surface area (Å²) in [4.78, 5) is 38.3. The number of methoxy groups -OCH3 is 1. The van der Waals surface area contributed by atoms with Crippen LogP contribution >= 0.6 is 0 Å². The predicted octanol–water partition coefficient (Wildman–Crippen LogP) is 2.73. The zero-order valence-corrected chi connectivity index (χ0v) is 18.6. The highest BCUT2D eigenvalue weighted by molar-refractivity contribution is 7.89. The van der Waals surface area contributed by atoms with Crippen LogP contribution in [0.1, 0.15) is 37.0 Å². The molecular weight excluding hydrogens is 439 g/mol. The van der Waals surface area contributed by atoms with Gasteiger partial charge < -0.3 is 4.74 Å². The van der Waals surface area contributed by atoms with E-state index in [1.165, 1.54) is 31.4 Å². The summed E-state index contributed by atoms with van der Waals surface area (Å²) in [5.41, 5.74) is 0.463. The van der Waals surface area contributed by atoms with Gasteiger partial charge in [-0.3, -0.25) is 9.59 Å². The van der Waals surface area contributed by atoms with Crippen LogP contribution in [0.2, 0.25) is 0 Å². The first kappa shape index (κ1) is 23.6. The molecule has 0 radical (unpaired) electrons. The van der Waals surface area contributed by atoms with Crippen LogP contribution in [0.15, 0.2) is 53.4 Å². The molecule has 0 bridgehead atoms. The lowest BCUT2D eigenvalue weighted by Gasteiger charge is -2.31. The molecule has 2 atom stereocenters. The van der Waals surface area contributed by atoms with E-state index in [1.807, 2.05) is 0 Å². The van der Waals surface area contributed by atoms with E-state index in [2.05, 4.69) is 4.74 Å². The summed E-state index contributed by atoms with van der Waals surface area (Å²) in [6.07, 6.45) is 0.0641. The van der Waals surface area contributed by atoms with Gasteiger partial charge >= 0.3 is 5.97 Å². The van der Waals surface area contributed by atoms with E-state index in [0.29, 0.717) is 6.42 Å². The highest BCUT2D eigenvalue weighted by atomic mass is 32.2. The number of hydrogen-bond acceptors (Lipinski definition) is 6. The Morgan fingerprint density at radius 3 is 2.28 bits per heavy atom. The zero-order chi connectivity index (χ0) is 23.6. The van der Waals surface area contributed by atoms with Crippen molar-refractivity contribution >= 4 is 33.5 Å². The van der Waals surface area contributed by atoms with Gasteiger partial charge in [-0.05, 0) is 61.9 Å². The van der Waals surface area contributed by atoms with Crippen molar-refractivity contribution in [3.8, 4) is 0 Å². The van der Waals surface area contributed by atoms with Crippen LogP contribution < -0.4 is 4.90 Å². The van der Waals surface area contributed by atoms with Gasteiger partial charge in [0.1, 0.15) is 11.9 Å². The molecule has 1 aliphatic rings. The monoisotopic (exact) mass is 462 g/mol. The highest BCUT2D eigenvalue weighted by Gasteiger charge is 2.48. The number of carbonyl (C=O) groups excluding carboxylic acids is 3. The van der Waals surface area contributed by atoms with Crippen molar-refractivity contribution in [3.05, 3.63) is 59.9 Å². The molecule has 2 aromatic carbocycles. The van der Waals surface area contributed by atoms with E-state index in [1.54, 1.807) is 13.8 Å². The summed E-state index contributed by atoms with van der Waals surface area (Å²) in [5, 5.41) is 0. The fraction of sp³-hybridized carbons (Fsp3) is 0.318. The summed E-state index contributed by atoms with van der Waals surface area (Å²) in [7, 11) is -2.95. The molecule has 0 N–H and O–H groups in total. The topological polar surface area (TPSA) is 101 Å². The Hall–Kier alpha value is -3.11. The third-order valence-electron chi connectivity index (χ3n) is 5.39. The molecule has 2 amide bonds. The largest absolute Gasteiger partial charge is 0.465 e. The molecule has 10 heteroatoms. The minimum absolute atomic E-state index is 0.166. The Kier molecular flexibility index (Phi) is 6.75. The van der Waals surface area contributed by atoms with Crippen molar-refractivity contribution in [2.24, 2.45) is 0 Å². The number of anilines is 1. The molecule has 0 spiro atoms. The summed E-state index contributed by atoms with van der Waals surface area (Å²) in [5.74, 6) is -2.41. The van der Waals surface area contributed by atoms with E-state index in [-0.39, 0.29) is 22.6 Å². The minimum atomic E-state index is -4.19. The minimum Gasteiger partial charge on any atom is -0.465 e. The standard InChI is InChI=1S/C22H23FN2O6S/c1-4-14(2)25(32(29,30)18-11-7-16(23)8-12-18)19-13-20(26)24(21(19)27)17-9-5-15(6-10-17)22(28)31-3/h5-12,14,19H,4,13H2,1-3H3. The first-order chi connectivity index (χ1) is 15.1. The van der Waals surface area contributed by atoms with Gasteiger partial charge in [-0.2, -0.15) is 4.31 Å². The molecular formula is C22H23FN2O6S. The van der Waals surface area contributed by atoms with Crippen LogP contribution in [-0.2, 0) is 24.3 Å². The summed E-state index contributed by atoms with van der Waals surface area (Å²) < 4.78 is 45.7. The summed E-state index contributed by atoms with van der Waals surface area (Å²) in [6.45, 7) is 3.41. The van der Waals surface area contributed by atoms with E-state index in [9.17, 15) is 27.2 Å². The smallest absolute Gasteiger partial charge is 0.337 e. The van der Waals surface area contributed by atoms with E-state index < -0.39 is 45.7 Å². The maximum Gasteiger partial charge on any atom is 0.337 e. The SMILES string of the molecule is CCC(C)N(C1CC(=O)N(c2ccc(C(=O)OC)cc2)C1=O)S(=O)(=O)c1ccc(F)cc1. The number of ether oxygens (including phenoxy) is 1. The van der Waals surface area contributed by atoms with Crippen LogP contribution in [0.4, 0.5) is 10.1 Å². The number of sulfonamides is 1. The number of esters is 1. The number of hydrogen-bond donors (Lipinski definition) is 0. The van der Waals surface area contributed by atoms with E-state index in [0.717, 1.165) is 33.5 Å². The number of imide groups is 1. The molecule has 1 fully saturated rings. The number of nitrogens with zero attached hydrogens (tertiary/aromatic N) is 2. The Morgan fingerprint density at radius 2 is 1.75 bits per heavy atom. The van der Waals surface area contributed by atoms with Gasteiger partial charge in [0, 0.05) is 6.04 Å². The molecule has 32 heavy (non-hydrogen) atoms. The number of rotatable bonds is 7. The fourth-order valence-corrected chi connectivity index (χ4v) is 5.42. The van der Waals surface area contributed by atoms with E-state index >= 15 is 0 Å². The molecule has 3 rings (SSSR count). The maximum atomic E-state index is 13.3. The number of carbonyl (C=O) groups is 3. The number of amides is 2. The molecule has 8 nitrogen and oxygen atoms in total. The number of benzene rings is 2. The van der Waals surface area contributed by atoms with Crippen molar-refractivity contribution in [1.82, 2.24) is 4.31 Å². The van der Waals surface area contributed by atoms with Crippen LogP contribution in [0.3, 0.4) is 0 Å². The van der Waals surface area contributed by atoms with Crippen molar-refractivity contribution in [2.45, 2.75) is 43.7 Å². The molecule has 0 aromatic heterocycles. The summed E-state index contributed by atoms with van der Waals surface area (Å²) >= 11 is 0. The summed E-state index contributed by atoms with van der Waals surface area (Å²) in [6, 6.07) is 8.15. The molecule has 2 aromatic rings. The normalized spacial score (nSPS) is 17.7. The lowest BCUT2D eigenvalue weighted by Crippen LogP contribution is -2.49. The Labute approximate surface area is 185 Å². The molecule has 1 heterocycles. The van der Waals surface area contributed by atoms with Crippen molar-refractivity contribution in [1.29, 1.82) is 0 Å². The van der Waals surface area contributed by atoms with Crippen molar-refractivity contribution < 1.29 is 31.9 Å². The predicted molar refractivity (Wildman–Crippen MR) is 114 cm³/mol. The zero-order valence-electron chi connectivity index (χ0n) is 17.8. The van der Waals surface area contributed by atoms with Gasteiger partial charge in [-0.15, -0.1) is 0 Å². The second-order valence-corrected chi connectivity index (χ2v) is 9.22. The third-order valence-corrected chi connectivity index (χ3v) is 7.43. The molecule has 0 saturated carbocycles. The lowest BCUT2D eigenvalue weighted by molar-refractivity contribution is -0.122. The average molecular weight is 462 g/mol. The molecule has 1 saturated heterocycles. The molecule has 0 aliphatic carbocycles. The molecule has 1 aliphatic heterocycles. The quantitative estimate of drug-likeness (QED) is 0.463. The Balaban J connectivity index is 1.97. The van der Waals surface area contributed by atoms with Crippen LogP contribution in [0, 0.1) is 5.82 Å². The van der Waals surface area contributed by atoms with Crippen molar-refractivity contribution in [2.75, 3.05) is 12.0 Å². The van der Waals surface area contributed by atoms with Crippen LogP contribution in [0.5, 0.6) is 0 Å². The lowest BCUT2D eigenvalue weighted by atomic mass is 10.2. The van der Waals surface area contributed by atoms with E-state index in [4.69, 9.17) is 0 Å². The average Bonchev–Trinajstić information content (AvgIpc) is 3.06. The molecule has 2 unspecified atom stereocenters. The van der Waals surface area contributed by atoms with Crippen LogP contribution in [-0.4, -0.2) is 49.7 Å². The second kappa shape index (κ2) is 9.17. The Morgan fingerprint density at radius 1 is 1.16 bits per heavy atom. The maximum absolute atomic E-state index is 13.3. The van der Waals surface area contributed by atoms with Gasteiger partial charge in [0.15, 0.2) is 0 Å². The third kappa shape index (κ3) is 4.28. The van der Waals surface area contributed by atoms with Gasteiger partial charge in [-0.25, -0.2) is 22.5 Å². The Bertz CT molecular complexity index is 1130. The number of halogens is 1. The van der Waals surface area contributed by atoms with Crippen LogP contribution in [0.25, 0.3) is 0 Å². The van der Waals surface area contributed by atoms with Crippen molar-refractivity contribution in [3.63, 3.8) is 0 Å². The first-order valence-corrected chi connectivity index (χ1v) is 11.4.